The van der Waals surface area contributed by atoms with Crippen molar-refractivity contribution >= 4 is 58.3 Å². The summed E-state index contributed by atoms with van der Waals surface area (Å²) in [6, 6.07) is 0. The summed E-state index contributed by atoms with van der Waals surface area (Å²) in [5, 5.41) is 6.40. The molecule has 2 aromatic heterocycles. The van der Waals surface area contributed by atoms with Crippen LogP contribution in [0, 0.1) is 0 Å². The molecule has 0 aliphatic carbocycles. The third kappa shape index (κ3) is 7.96. The Morgan fingerprint density at radius 2 is 1.00 bits per heavy atom. The van der Waals surface area contributed by atoms with Crippen LogP contribution in [-0.2, 0) is 0 Å². The number of hydrogen-bond donors (Lipinski definition) is 2. The van der Waals surface area contributed by atoms with E-state index in [0.29, 0.717) is 25.0 Å². The van der Waals surface area contributed by atoms with Crippen molar-refractivity contribution in [2.24, 2.45) is 0 Å². The van der Waals surface area contributed by atoms with E-state index in [-0.39, 0.29) is 21.1 Å². The SMILES string of the molecule is CN(CCCNc1nc(Cl)nc(Cl)n1)CCCNc1nc(Cl)nc(Cl)n1. The standard InChI is InChI=1S/C13H17Cl4N9/c1-26(6-2-4-18-12-22-8(14)20-9(15)23-12)7-3-5-19-13-24-10(16)21-11(17)25-13/h2-7H2,1H3,(H,18,20,22,23)(H,19,21,24,25). The van der Waals surface area contributed by atoms with Gasteiger partial charge in [0.25, 0.3) is 0 Å². The van der Waals surface area contributed by atoms with Crippen molar-refractivity contribution in [3.05, 3.63) is 21.1 Å². The van der Waals surface area contributed by atoms with Crippen LogP contribution in [-0.4, -0.2) is 68.0 Å². The van der Waals surface area contributed by atoms with Gasteiger partial charge in [0.15, 0.2) is 0 Å². The van der Waals surface area contributed by atoms with Gasteiger partial charge in [-0.1, -0.05) is 0 Å². The quantitative estimate of drug-likeness (QED) is 0.539. The minimum atomic E-state index is 0.0675. The van der Waals surface area contributed by atoms with Gasteiger partial charge >= 0.3 is 0 Å². The van der Waals surface area contributed by atoms with E-state index >= 15 is 0 Å². The minimum absolute atomic E-state index is 0.0675. The Hall–Kier alpha value is -1.26. The molecule has 0 atom stereocenters. The Bertz CT molecular complexity index is 618. The summed E-state index contributed by atoms with van der Waals surface area (Å²) in [5.74, 6) is 0.744. The fraction of sp³-hybridized carbons (Fsp3) is 0.538. The molecule has 0 amide bonds. The summed E-state index contributed by atoms with van der Waals surface area (Å²) in [7, 11) is 2.05. The normalized spacial score (nSPS) is 11.0. The highest BCUT2D eigenvalue weighted by atomic mass is 35.5. The van der Waals surface area contributed by atoms with E-state index in [0.717, 1.165) is 25.9 Å². The maximum atomic E-state index is 5.72. The first-order valence-corrected chi connectivity index (χ1v) is 9.24. The van der Waals surface area contributed by atoms with Gasteiger partial charge in [-0.05, 0) is 79.4 Å². The summed E-state index contributed by atoms with van der Waals surface area (Å²) in [6.07, 6.45) is 1.81. The van der Waals surface area contributed by atoms with Crippen molar-refractivity contribution in [1.82, 2.24) is 34.8 Å². The van der Waals surface area contributed by atoms with E-state index in [9.17, 15) is 0 Å². The highest BCUT2D eigenvalue weighted by molar-refractivity contribution is 6.31. The van der Waals surface area contributed by atoms with Crippen LogP contribution < -0.4 is 10.6 Å². The van der Waals surface area contributed by atoms with Gasteiger partial charge in [-0.3, -0.25) is 0 Å². The highest BCUT2D eigenvalue weighted by Gasteiger charge is 2.04. The van der Waals surface area contributed by atoms with Gasteiger partial charge in [0.1, 0.15) is 0 Å². The van der Waals surface area contributed by atoms with E-state index in [4.69, 9.17) is 46.4 Å². The predicted octanol–water partition coefficient (Wildman–Crippen LogP) is 2.91. The first-order chi connectivity index (χ1) is 12.4. The van der Waals surface area contributed by atoms with E-state index in [1.807, 2.05) is 7.05 Å². The smallest absolute Gasteiger partial charge is 0.228 e. The minimum Gasteiger partial charge on any atom is -0.354 e. The molecular formula is C13H17Cl4N9. The summed E-state index contributed by atoms with van der Waals surface area (Å²) in [4.78, 5) is 25.4. The Balaban J connectivity index is 1.58. The van der Waals surface area contributed by atoms with Crippen molar-refractivity contribution in [1.29, 1.82) is 0 Å². The fourth-order valence-corrected chi connectivity index (χ4v) is 2.75. The molecule has 0 aliphatic rings. The van der Waals surface area contributed by atoms with Gasteiger partial charge in [-0.2, -0.15) is 29.9 Å². The lowest BCUT2D eigenvalue weighted by Gasteiger charge is -2.16. The second-order valence-corrected chi connectivity index (χ2v) is 6.61. The molecule has 0 bridgehead atoms. The zero-order chi connectivity index (χ0) is 18.9. The number of rotatable bonds is 10. The molecule has 0 spiro atoms. The highest BCUT2D eigenvalue weighted by Crippen LogP contribution is 2.10. The van der Waals surface area contributed by atoms with Crippen molar-refractivity contribution in [2.45, 2.75) is 12.8 Å². The van der Waals surface area contributed by atoms with Crippen molar-refractivity contribution in [3.63, 3.8) is 0 Å². The molecule has 142 valence electrons. The Morgan fingerprint density at radius 3 is 1.35 bits per heavy atom. The maximum absolute atomic E-state index is 5.72. The van der Waals surface area contributed by atoms with Gasteiger partial charge in [0.05, 0.1) is 0 Å². The molecule has 2 heterocycles. The van der Waals surface area contributed by atoms with Crippen molar-refractivity contribution in [2.75, 3.05) is 43.9 Å². The Morgan fingerprint density at radius 1 is 0.654 bits per heavy atom. The van der Waals surface area contributed by atoms with Gasteiger partial charge < -0.3 is 15.5 Å². The lowest BCUT2D eigenvalue weighted by atomic mass is 10.3. The molecule has 26 heavy (non-hydrogen) atoms. The van der Waals surface area contributed by atoms with Crippen molar-refractivity contribution < 1.29 is 0 Å². The molecule has 2 rings (SSSR count). The van der Waals surface area contributed by atoms with E-state index in [1.165, 1.54) is 0 Å². The topological polar surface area (TPSA) is 105 Å². The summed E-state index contributed by atoms with van der Waals surface area (Å²) < 4.78 is 0. The summed E-state index contributed by atoms with van der Waals surface area (Å²) in [5.41, 5.74) is 0. The van der Waals surface area contributed by atoms with Crippen LogP contribution in [0.2, 0.25) is 21.1 Å². The molecule has 0 fully saturated rings. The molecule has 2 N–H and O–H groups in total. The van der Waals surface area contributed by atoms with Crippen LogP contribution >= 0.6 is 46.4 Å². The van der Waals surface area contributed by atoms with Crippen LogP contribution in [0.15, 0.2) is 0 Å². The molecular weight excluding hydrogens is 424 g/mol. The second-order valence-electron chi connectivity index (χ2n) is 5.26. The maximum Gasteiger partial charge on any atom is 0.228 e. The van der Waals surface area contributed by atoms with E-state index in [2.05, 4.69) is 45.4 Å². The van der Waals surface area contributed by atoms with Crippen LogP contribution in [0.1, 0.15) is 12.8 Å². The second kappa shape index (κ2) is 10.8. The molecule has 0 saturated carbocycles. The average Bonchev–Trinajstić information content (AvgIpc) is 2.54. The molecule has 0 saturated heterocycles. The Labute approximate surface area is 170 Å². The van der Waals surface area contributed by atoms with Crippen LogP contribution in [0.3, 0.4) is 0 Å². The fourth-order valence-electron chi connectivity index (χ4n) is 2.02. The molecule has 0 unspecified atom stereocenters. The largest absolute Gasteiger partial charge is 0.354 e. The van der Waals surface area contributed by atoms with E-state index in [1.54, 1.807) is 0 Å². The lowest BCUT2D eigenvalue weighted by molar-refractivity contribution is 0.331. The lowest BCUT2D eigenvalue weighted by Crippen LogP contribution is -2.24. The third-order valence-corrected chi connectivity index (χ3v) is 3.84. The van der Waals surface area contributed by atoms with Gasteiger partial charge in [0.2, 0.25) is 33.0 Å². The number of halogens is 4. The first-order valence-electron chi connectivity index (χ1n) is 7.73. The molecule has 0 aromatic carbocycles. The third-order valence-electron chi connectivity index (χ3n) is 3.16. The van der Waals surface area contributed by atoms with Gasteiger partial charge in [-0.25, -0.2) is 0 Å². The van der Waals surface area contributed by atoms with Crippen LogP contribution in [0.25, 0.3) is 0 Å². The zero-order valence-corrected chi connectivity index (χ0v) is 16.9. The molecule has 2 aromatic rings. The number of nitrogens with zero attached hydrogens (tertiary/aromatic N) is 7. The molecule has 9 nitrogen and oxygen atoms in total. The Kier molecular flexibility index (Phi) is 8.73. The van der Waals surface area contributed by atoms with Crippen LogP contribution in [0.5, 0.6) is 0 Å². The number of nitrogens with one attached hydrogen (secondary N) is 2. The average molecular weight is 441 g/mol. The van der Waals surface area contributed by atoms with Crippen molar-refractivity contribution in [3.8, 4) is 0 Å². The number of aromatic nitrogens is 6. The summed E-state index contributed by atoms with van der Waals surface area (Å²) in [6.45, 7) is 3.20. The van der Waals surface area contributed by atoms with Gasteiger partial charge in [0, 0.05) is 13.1 Å². The monoisotopic (exact) mass is 439 g/mol. The van der Waals surface area contributed by atoms with E-state index < -0.39 is 0 Å². The predicted molar refractivity (Wildman–Crippen MR) is 103 cm³/mol. The summed E-state index contributed by atoms with van der Waals surface area (Å²) >= 11 is 22.9. The first kappa shape index (κ1) is 21.0. The number of hydrogen-bond acceptors (Lipinski definition) is 9. The number of anilines is 2. The van der Waals surface area contributed by atoms with Gasteiger partial charge in [-0.15, -0.1) is 0 Å². The molecule has 0 radical (unpaired) electrons. The molecule has 0 aliphatic heterocycles. The van der Waals surface area contributed by atoms with Crippen LogP contribution in [0.4, 0.5) is 11.9 Å². The molecule has 13 heteroatoms. The zero-order valence-electron chi connectivity index (χ0n) is 13.9.